The normalized spacial score (nSPS) is 11.8. The Morgan fingerprint density at radius 3 is 2.60 bits per heavy atom. The molecule has 0 saturated carbocycles. The van der Waals surface area contributed by atoms with E-state index in [2.05, 4.69) is 10.3 Å². The molecule has 0 saturated heterocycles. The van der Waals surface area contributed by atoms with Gasteiger partial charge in [0.05, 0.1) is 7.11 Å². The van der Waals surface area contributed by atoms with Crippen LogP contribution in [-0.2, 0) is 0 Å². The van der Waals surface area contributed by atoms with Gasteiger partial charge in [-0.15, -0.1) is 0 Å². The van der Waals surface area contributed by atoms with E-state index in [0.717, 1.165) is 5.56 Å². The molecule has 5 nitrogen and oxygen atoms in total. The number of nitrogens with zero attached hydrogens (tertiary/aromatic N) is 1. The Hall–Kier alpha value is -2.40. The van der Waals surface area contributed by atoms with Crippen LogP contribution in [0.2, 0.25) is 0 Å². The van der Waals surface area contributed by atoms with Gasteiger partial charge in [-0.25, -0.2) is 4.98 Å². The number of carbonyl (C=O) groups excluding carboxylic acids is 1. The molecule has 20 heavy (non-hydrogen) atoms. The third-order valence-electron chi connectivity index (χ3n) is 2.90. The first-order valence-corrected chi connectivity index (χ1v) is 6.27. The summed E-state index contributed by atoms with van der Waals surface area (Å²) in [4.78, 5) is 16.2. The van der Waals surface area contributed by atoms with Gasteiger partial charge in [0.25, 0.3) is 5.91 Å². The zero-order valence-corrected chi connectivity index (χ0v) is 11.5. The van der Waals surface area contributed by atoms with E-state index in [1.54, 1.807) is 18.3 Å². The molecule has 1 unspecified atom stereocenters. The molecule has 1 amide bonds. The molecule has 2 aromatic rings. The van der Waals surface area contributed by atoms with Crippen molar-refractivity contribution in [3.63, 3.8) is 0 Å². The monoisotopic (exact) mass is 271 g/mol. The second kappa shape index (κ2) is 6.16. The van der Waals surface area contributed by atoms with Gasteiger partial charge in [0.1, 0.15) is 5.56 Å². The molecule has 1 aromatic carbocycles. The molecule has 3 N–H and O–H groups in total. The zero-order valence-electron chi connectivity index (χ0n) is 11.5. The molecule has 0 aliphatic carbocycles. The van der Waals surface area contributed by atoms with Crippen molar-refractivity contribution in [3.8, 4) is 5.88 Å². The Bertz CT molecular complexity index is 594. The maximum absolute atomic E-state index is 12.2. The number of hydrogen-bond acceptors (Lipinski definition) is 4. The maximum Gasteiger partial charge on any atom is 0.261 e. The van der Waals surface area contributed by atoms with Crippen molar-refractivity contribution < 1.29 is 9.53 Å². The molecular weight excluding hydrogens is 254 g/mol. The van der Waals surface area contributed by atoms with Crippen molar-refractivity contribution in [1.29, 1.82) is 0 Å². The quantitative estimate of drug-likeness (QED) is 0.895. The zero-order chi connectivity index (χ0) is 14.5. The van der Waals surface area contributed by atoms with Gasteiger partial charge in [0.15, 0.2) is 0 Å². The highest BCUT2D eigenvalue weighted by Gasteiger charge is 2.12. The molecule has 0 aliphatic heterocycles. The highest BCUT2D eigenvalue weighted by molar-refractivity contribution is 6.05. The number of methoxy groups -OCH3 is 1. The number of aromatic nitrogens is 1. The van der Waals surface area contributed by atoms with E-state index >= 15 is 0 Å². The third kappa shape index (κ3) is 3.13. The number of benzene rings is 1. The number of amides is 1. The lowest BCUT2D eigenvalue weighted by molar-refractivity contribution is 0.102. The fourth-order valence-electron chi connectivity index (χ4n) is 1.79. The number of carbonyl (C=O) groups is 1. The van der Waals surface area contributed by atoms with Crippen LogP contribution in [-0.4, -0.2) is 18.0 Å². The highest BCUT2D eigenvalue weighted by atomic mass is 16.5. The van der Waals surface area contributed by atoms with Crippen LogP contribution < -0.4 is 15.8 Å². The Balaban J connectivity index is 2.15. The Morgan fingerprint density at radius 1 is 1.30 bits per heavy atom. The minimum absolute atomic E-state index is 0.0295. The Morgan fingerprint density at radius 2 is 2.00 bits per heavy atom. The van der Waals surface area contributed by atoms with Crippen LogP contribution in [0.15, 0.2) is 42.6 Å². The molecule has 0 bridgehead atoms. The fraction of sp³-hybridized carbons (Fsp3) is 0.200. The van der Waals surface area contributed by atoms with Gasteiger partial charge in [-0.05, 0) is 36.8 Å². The van der Waals surface area contributed by atoms with Gasteiger partial charge in [0, 0.05) is 17.9 Å². The first kappa shape index (κ1) is 14.0. The summed E-state index contributed by atoms with van der Waals surface area (Å²) in [5.41, 5.74) is 7.89. The van der Waals surface area contributed by atoms with Crippen molar-refractivity contribution in [3.05, 3.63) is 53.7 Å². The highest BCUT2D eigenvalue weighted by Crippen LogP contribution is 2.18. The summed E-state index contributed by atoms with van der Waals surface area (Å²) in [7, 11) is 1.48. The van der Waals surface area contributed by atoms with Gasteiger partial charge >= 0.3 is 0 Å². The molecule has 0 fully saturated rings. The number of nitrogens with one attached hydrogen (secondary N) is 1. The largest absolute Gasteiger partial charge is 0.480 e. The lowest BCUT2D eigenvalue weighted by Crippen LogP contribution is -2.14. The summed E-state index contributed by atoms with van der Waals surface area (Å²) < 4.78 is 5.07. The molecule has 2 rings (SSSR count). The number of ether oxygens (including phenoxy) is 1. The van der Waals surface area contributed by atoms with Crippen LogP contribution in [0.4, 0.5) is 5.69 Å². The van der Waals surface area contributed by atoms with Crippen LogP contribution in [0.25, 0.3) is 0 Å². The third-order valence-corrected chi connectivity index (χ3v) is 2.90. The van der Waals surface area contributed by atoms with Gasteiger partial charge in [-0.1, -0.05) is 12.1 Å². The van der Waals surface area contributed by atoms with Crippen molar-refractivity contribution in [1.82, 2.24) is 4.98 Å². The smallest absolute Gasteiger partial charge is 0.261 e. The van der Waals surface area contributed by atoms with Gasteiger partial charge in [0.2, 0.25) is 5.88 Å². The van der Waals surface area contributed by atoms with Gasteiger partial charge in [-0.3, -0.25) is 4.79 Å². The van der Waals surface area contributed by atoms with Crippen LogP contribution >= 0.6 is 0 Å². The minimum Gasteiger partial charge on any atom is -0.480 e. The molecule has 1 atom stereocenters. The standard InChI is InChI=1S/C15H17N3O2/c1-10(16)11-5-7-12(8-6-11)18-14(19)13-4-3-9-17-15(13)20-2/h3-10H,16H2,1-2H3,(H,18,19). The molecular formula is C15H17N3O2. The first-order valence-electron chi connectivity index (χ1n) is 6.27. The number of nitrogens with two attached hydrogens (primary N) is 1. The van der Waals surface area contributed by atoms with Gasteiger partial charge < -0.3 is 15.8 Å². The number of anilines is 1. The molecule has 0 spiro atoms. The van der Waals surface area contributed by atoms with Crippen molar-refractivity contribution in [2.75, 3.05) is 12.4 Å². The fourth-order valence-corrected chi connectivity index (χ4v) is 1.79. The average Bonchev–Trinajstić information content (AvgIpc) is 2.47. The maximum atomic E-state index is 12.2. The molecule has 0 radical (unpaired) electrons. The molecule has 104 valence electrons. The van der Waals surface area contributed by atoms with E-state index in [0.29, 0.717) is 17.1 Å². The van der Waals surface area contributed by atoms with Crippen molar-refractivity contribution in [2.45, 2.75) is 13.0 Å². The predicted molar refractivity (Wildman–Crippen MR) is 77.8 cm³/mol. The number of pyridine rings is 1. The lowest BCUT2D eigenvalue weighted by atomic mass is 10.1. The van der Waals surface area contributed by atoms with E-state index in [9.17, 15) is 4.79 Å². The topological polar surface area (TPSA) is 77.2 Å². The lowest BCUT2D eigenvalue weighted by Gasteiger charge is -2.10. The van der Waals surface area contributed by atoms with E-state index in [-0.39, 0.29) is 11.9 Å². The summed E-state index contributed by atoms with van der Waals surface area (Å²) >= 11 is 0. The van der Waals surface area contributed by atoms with E-state index < -0.39 is 0 Å². The summed E-state index contributed by atoms with van der Waals surface area (Å²) in [6.45, 7) is 1.91. The second-order valence-electron chi connectivity index (χ2n) is 4.43. The Labute approximate surface area is 117 Å². The molecule has 5 heteroatoms. The van der Waals surface area contributed by atoms with Crippen LogP contribution in [0.5, 0.6) is 5.88 Å². The molecule has 1 aromatic heterocycles. The van der Waals surface area contributed by atoms with Crippen molar-refractivity contribution >= 4 is 11.6 Å². The summed E-state index contributed by atoms with van der Waals surface area (Å²) in [6.07, 6.45) is 1.58. The number of rotatable bonds is 4. The van der Waals surface area contributed by atoms with Gasteiger partial charge in [-0.2, -0.15) is 0 Å². The molecule has 1 heterocycles. The van der Waals surface area contributed by atoms with Crippen LogP contribution in [0.1, 0.15) is 28.9 Å². The van der Waals surface area contributed by atoms with E-state index in [4.69, 9.17) is 10.5 Å². The van der Waals surface area contributed by atoms with Crippen LogP contribution in [0.3, 0.4) is 0 Å². The SMILES string of the molecule is COc1ncccc1C(=O)Nc1ccc(C(C)N)cc1. The molecule has 0 aliphatic rings. The summed E-state index contributed by atoms with van der Waals surface area (Å²) in [5, 5.41) is 2.80. The second-order valence-corrected chi connectivity index (χ2v) is 4.43. The first-order chi connectivity index (χ1) is 9.61. The minimum atomic E-state index is -0.261. The van der Waals surface area contributed by atoms with E-state index in [1.807, 2.05) is 31.2 Å². The average molecular weight is 271 g/mol. The van der Waals surface area contributed by atoms with Crippen molar-refractivity contribution in [2.24, 2.45) is 5.73 Å². The summed E-state index contributed by atoms with van der Waals surface area (Å²) in [6, 6.07) is 10.7. The summed E-state index contributed by atoms with van der Waals surface area (Å²) in [5.74, 6) is 0.0423. The van der Waals surface area contributed by atoms with Crippen LogP contribution in [0, 0.1) is 0 Å². The Kier molecular flexibility index (Phi) is 4.32. The number of hydrogen-bond donors (Lipinski definition) is 2. The van der Waals surface area contributed by atoms with E-state index in [1.165, 1.54) is 7.11 Å². The predicted octanol–water partition coefficient (Wildman–Crippen LogP) is 2.36.